The second-order valence-corrected chi connectivity index (χ2v) is 4.73. The number of imidazole rings is 1. The van der Waals surface area contributed by atoms with E-state index in [0.717, 1.165) is 18.8 Å². The predicted octanol–water partition coefficient (Wildman–Crippen LogP) is 1.88. The van der Waals surface area contributed by atoms with Gasteiger partial charge in [-0.2, -0.15) is 5.26 Å². The smallest absolute Gasteiger partial charge is 0.140 e. The van der Waals surface area contributed by atoms with Crippen LogP contribution in [0.5, 0.6) is 0 Å². The van der Waals surface area contributed by atoms with E-state index in [1.807, 2.05) is 12.5 Å². The standard InChI is InChI=1S/C12H16N4/c13-7-11(15-5-1-2-6-15)12-8-14-9-16(12)10-3-4-10/h8-11H,1-6H2. The highest BCUT2D eigenvalue weighted by Gasteiger charge is 2.31. The molecular formula is C12H16N4. The summed E-state index contributed by atoms with van der Waals surface area (Å²) < 4.78 is 2.20. The van der Waals surface area contributed by atoms with Gasteiger partial charge in [-0.1, -0.05) is 0 Å². The van der Waals surface area contributed by atoms with E-state index in [1.54, 1.807) is 0 Å². The highest BCUT2D eigenvalue weighted by Crippen LogP contribution is 2.38. The number of nitriles is 1. The summed E-state index contributed by atoms with van der Waals surface area (Å²) in [7, 11) is 0. The van der Waals surface area contributed by atoms with Crippen LogP contribution in [0.1, 0.15) is 43.5 Å². The molecule has 0 bridgehead atoms. The monoisotopic (exact) mass is 216 g/mol. The molecule has 1 aliphatic heterocycles. The van der Waals surface area contributed by atoms with Crippen LogP contribution in [-0.2, 0) is 0 Å². The zero-order valence-electron chi connectivity index (χ0n) is 9.34. The second kappa shape index (κ2) is 3.91. The fraction of sp³-hybridized carbons (Fsp3) is 0.667. The molecular weight excluding hydrogens is 200 g/mol. The molecule has 0 amide bonds. The summed E-state index contributed by atoms with van der Waals surface area (Å²) in [6.45, 7) is 2.10. The zero-order chi connectivity index (χ0) is 11.0. The van der Waals surface area contributed by atoms with E-state index in [9.17, 15) is 5.26 Å². The summed E-state index contributed by atoms with van der Waals surface area (Å²) >= 11 is 0. The SMILES string of the molecule is N#CC(c1cncn1C1CC1)N1CCCC1. The van der Waals surface area contributed by atoms with Crippen LogP contribution in [0, 0.1) is 11.3 Å². The van der Waals surface area contributed by atoms with Gasteiger partial charge in [0.05, 0.1) is 24.3 Å². The van der Waals surface area contributed by atoms with Crippen LogP contribution in [0.4, 0.5) is 0 Å². The third-order valence-corrected chi connectivity index (χ3v) is 3.54. The molecule has 1 aliphatic carbocycles. The van der Waals surface area contributed by atoms with Gasteiger partial charge < -0.3 is 4.57 Å². The zero-order valence-corrected chi connectivity index (χ0v) is 9.34. The van der Waals surface area contributed by atoms with E-state index < -0.39 is 0 Å². The van der Waals surface area contributed by atoms with Crippen LogP contribution in [-0.4, -0.2) is 27.5 Å². The third-order valence-electron chi connectivity index (χ3n) is 3.54. The lowest BCUT2D eigenvalue weighted by atomic mass is 10.2. The lowest BCUT2D eigenvalue weighted by Gasteiger charge is -2.22. The van der Waals surface area contributed by atoms with Gasteiger partial charge in [0.25, 0.3) is 0 Å². The van der Waals surface area contributed by atoms with Gasteiger partial charge >= 0.3 is 0 Å². The molecule has 4 heteroatoms. The summed E-state index contributed by atoms with van der Waals surface area (Å²) in [5.41, 5.74) is 1.09. The molecule has 2 fully saturated rings. The van der Waals surface area contributed by atoms with Crippen molar-refractivity contribution in [3.05, 3.63) is 18.2 Å². The summed E-state index contributed by atoms with van der Waals surface area (Å²) in [4.78, 5) is 6.48. The Morgan fingerprint density at radius 1 is 1.38 bits per heavy atom. The molecule has 0 radical (unpaired) electrons. The molecule has 1 unspecified atom stereocenters. The van der Waals surface area contributed by atoms with Crippen molar-refractivity contribution in [1.29, 1.82) is 5.26 Å². The average Bonchev–Trinajstić information content (AvgIpc) is 2.83. The van der Waals surface area contributed by atoms with Crippen molar-refractivity contribution >= 4 is 0 Å². The van der Waals surface area contributed by atoms with Gasteiger partial charge in [-0.3, -0.25) is 4.90 Å². The fourth-order valence-corrected chi connectivity index (χ4v) is 2.52. The van der Waals surface area contributed by atoms with Gasteiger partial charge in [0.15, 0.2) is 0 Å². The number of nitrogens with zero attached hydrogens (tertiary/aromatic N) is 4. The van der Waals surface area contributed by atoms with Gasteiger partial charge in [0, 0.05) is 6.04 Å². The molecule has 4 nitrogen and oxygen atoms in total. The molecule has 0 spiro atoms. The molecule has 1 atom stereocenters. The molecule has 1 aromatic heterocycles. The van der Waals surface area contributed by atoms with Gasteiger partial charge in [-0.25, -0.2) is 4.98 Å². The predicted molar refractivity (Wildman–Crippen MR) is 59.7 cm³/mol. The molecule has 16 heavy (non-hydrogen) atoms. The summed E-state index contributed by atoms with van der Waals surface area (Å²) in [6.07, 6.45) is 8.66. The minimum atomic E-state index is -0.0920. The summed E-state index contributed by atoms with van der Waals surface area (Å²) in [6, 6.07) is 2.95. The van der Waals surface area contributed by atoms with Gasteiger partial charge in [-0.15, -0.1) is 0 Å². The Labute approximate surface area is 95.5 Å². The first kappa shape index (κ1) is 9.86. The van der Waals surface area contributed by atoms with E-state index in [1.165, 1.54) is 25.7 Å². The van der Waals surface area contributed by atoms with Crippen molar-refractivity contribution in [3.63, 3.8) is 0 Å². The quantitative estimate of drug-likeness (QED) is 0.775. The molecule has 2 heterocycles. The van der Waals surface area contributed by atoms with E-state index in [4.69, 9.17) is 0 Å². The van der Waals surface area contributed by atoms with E-state index in [-0.39, 0.29) is 6.04 Å². The summed E-state index contributed by atoms with van der Waals surface area (Å²) in [5.74, 6) is 0. The highest BCUT2D eigenvalue weighted by molar-refractivity contribution is 5.16. The average molecular weight is 216 g/mol. The number of rotatable bonds is 3. The second-order valence-electron chi connectivity index (χ2n) is 4.73. The van der Waals surface area contributed by atoms with Crippen LogP contribution < -0.4 is 0 Å². The van der Waals surface area contributed by atoms with Gasteiger partial charge in [0.2, 0.25) is 0 Å². The Morgan fingerprint density at radius 3 is 2.75 bits per heavy atom. The van der Waals surface area contributed by atoms with E-state index in [2.05, 4.69) is 20.5 Å². The van der Waals surface area contributed by atoms with Crippen molar-refractivity contribution in [2.75, 3.05) is 13.1 Å². The van der Waals surface area contributed by atoms with Crippen LogP contribution in [0.25, 0.3) is 0 Å². The molecule has 84 valence electrons. The lowest BCUT2D eigenvalue weighted by Crippen LogP contribution is -2.26. The Morgan fingerprint density at radius 2 is 2.12 bits per heavy atom. The topological polar surface area (TPSA) is 44.9 Å². The first-order chi connectivity index (χ1) is 7.90. The van der Waals surface area contributed by atoms with Crippen LogP contribution in [0.3, 0.4) is 0 Å². The molecule has 1 aromatic rings. The third kappa shape index (κ3) is 1.61. The van der Waals surface area contributed by atoms with Crippen LogP contribution in [0.2, 0.25) is 0 Å². The van der Waals surface area contributed by atoms with Crippen molar-refractivity contribution in [3.8, 4) is 6.07 Å². The Hall–Kier alpha value is -1.34. The fourth-order valence-electron chi connectivity index (χ4n) is 2.52. The number of hydrogen-bond acceptors (Lipinski definition) is 3. The van der Waals surface area contributed by atoms with E-state index >= 15 is 0 Å². The Bertz CT molecular complexity index is 407. The maximum absolute atomic E-state index is 9.35. The molecule has 1 saturated heterocycles. The minimum absolute atomic E-state index is 0.0920. The Kier molecular flexibility index (Phi) is 2.41. The molecule has 1 saturated carbocycles. The lowest BCUT2D eigenvalue weighted by molar-refractivity contribution is 0.284. The maximum atomic E-state index is 9.35. The number of hydrogen-bond donors (Lipinski definition) is 0. The normalized spacial score (nSPS) is 23.2. The maximum Gasteiger partial charge on any atom is 0.140 e. The van der Waals surface area contributed by atoms with Gasteiger partial charge in [-0.05, 0) is 38.8 Å². The molecule has 0 aromatic carbocycles. The number of likely N-dealkylation sites (tertiary alicyclic amines) is 1. The minimum Gasteiger partial charge on any atom is -0.329 e. The van der Waals surface area contributed by atoms with Crippen LogP contribution >= 0.6 is 0 Å². The van der Waals surface area contributed by atoms with Crippen molar-refractivity contribution < 1.29 is 0 Å². The van der Waals surface area contributed by atoms with Crippen molar-refractivity contribution in [1.82, 2.24) is 14.5 Å². The molecule has 0 N–H and O–H groups in total. The van der Waals surface area contributed by atoms with Crippen LogP contribution in [0.15, 0.2) is 12.5 Å². The van der Waals surface area contributed by atoms with Crippen molar-refractivity contribution in [2.24, 2.45) is 0 Å². The largest absolute Gasteiger partial charge is 0.329 e. The molecule has 3 rings (SSSR count). The van der Waals surface area contributed by atoms with Gasteiger partial charge in [0.1, 0.15) is 6.04 Å². The van der Waals surface area contributed by atoms with E-state index in [0.29, 0.717) is 6.04 Å². The molecule has 2 aliphatic rings. The highest BCUT2D eigenvalue weighted by atomic mass is 15.2. The first-order valence-corrected chi connectivity index (χ1v) is 6.05. The summed E-state index contributed by atoms with van der Waals surface area (Å²) in [5, 5.41) is 9.35. The van der Waals surface area contributed by atoms with Crippen molar-refractivity contribution in [2.45, 2.75) is 37.8 Å². The number of aromatic nitrogens is 2. The Balaban J connectivity index is 1.87. The first-order valence-electron chi connectivity index (χ1n) is 6.05.